The van der Waals surface area contributed by atoms with Gasteiger partial charge in [-0.05, 0) is 42.7 Å². The van der Waals surface area contributed by atoms with Gasteiger partial charge < -0.3 is 10.1 Å². The Labute approximate surface area is 117 Å². The second-order valence-electron chi connectivity index (χ2n) is 4.49. The van der Waals surface area contributed by atoms with Crippen LogP contribution in [0.1, 0.15) is 18.4 Å². The van der Waals surface area contributed by atoms with Gasteiger partial charge in [0, 0.05) is 6.54 Å². The van der Waals surface area contributed by atoms with Crippen LogP contribution in [-0.4, -0.2) is 31.7 Å². The molecule has 106 valence electrons. The summed E-state index contributed by atoms with van der Waals surface area (Å²) < 4.78 is 5.04. The van der Waals surface area contributed by atoms with Crippen molar-refractivity contribution < 1.29 is 14.3 Å². The first-order valence-corrected chi connectivity index (χ1v) is 6.45. The van der Waals surface area contributed by atoms with E-state index in [2.05, 4.69) is 15.8 Å². The van der Waals surface area contributed by atoms with Gasteiger partial charge in [-0.25, -0.2) is 5.43 Å². The van der Waals surface area contributed by atoms with Crippen molar-refractivity contribution in [2.75, 3.05) is 13.7 Å². The van der Waals surface area contributed by atoms with E-state index in [1.807, 2.05) is 12.1 Å². The Hall–Kier alpha value is -2.37. The zero-order valence-electron chi connectivity index (χ0n) is 11.3. The van der Waals surface area contributed by atoms with Crippen molar-refractivity contribution in [2.45, 2.75) is 12.8 Å². The van der Waals surface area contributed by atoms with E-state index in [-0.39, 0.29) is 11.8 Å². The molecular weight excluding hydrogens is 258 g/mol. The lowest BCUT2D eigenvalue weighted by molar-refractivity contribution is -0.136. The second-order valence-corrected chi connectivity index (χ2v) is 4.49. The van der Waals surface area contributed by atoms with E-state index in [0.717, 1.165) is 17.7 Å². The van der Waals surface area contributed by atoms with Gasteiger partial charge in [-0.15, -0.1) is 0 Å². The summed E-state index contributed by atoms with van der Waals surface area (Å²) >= 11 is 0. The lowest BCUT2D eigenvalue weighted by atomic mass is 9.98. The van der Waals surface area contributed by atoms with Crippen LogP contribution >= 0.6 is 0 Å². The molecule has 0 spiro atoms. The maximum Gasteiger partial charge on any atom is 0.252 e. The molecule has 20 heavy (non-hydrogen) atoms. The summed E-state index contributed by atoms with van der Waals surface area (Å²) in [4.78, 5) is 23.3. The highest BCUT2D eigenvalue weighted by molar-refractivity contribution is 6.00. The lowest BCUT2D eigenvalue weighted by Gasteiger charge is -2.19. The van der Waals surface area contributed by atoms with E-state index in [1.165, 1.54) is 6.21 Å². The molecule has 1 aliphatic heterocycles. The number of hydrogen-bond donors (Lipinski definition) is 2. The molecule has 1 unspecified atom stereocenters. The number of piperidine rings is 1. The summed E-state index contributed by atoms with van der Waals surface area (Å²) in [5.74, 6) is -0.484. The number of ether oxygens (including phenoxy) is 1. The van der Waals surface area contributed by atoms with Crippen molar-refractivity contribution in [3.63, 3.8) is 0 Å². The first-order chi connectivity index (χ1) is 9.70. The Kier molecular flexibility index (Phi) is 4.70. The van der Waals surface area contributed by atoms with E-state index in [9.17, 15) is 9.59 Å². The number of amides is 2. The molecule has 1 aliphatic rings. The number of benzene rings is 1. The summed E-state index contributed by atoms with van der Waals surface area (Å²) in [6, 6.07) is 7.25. The Morgan fingerprint density at radius 1 is 1.45 bits per heavy atom. The third kappa shape index (κ3) is 3.57. The summed E-state index contributed by atoms with van der Waals surface area (Å²) in [6.07, 6.45) is 2.90. The molecule has 1 aromatic carbocycles. The fraction of sp³-hybridized carbons (Fsp3) is 0.357. The standard InChI is InChI=1S/C14H17N3O3/c1-20-11-6-4-10(5-7-11)9-16-17-14(19)12-3-2-8-15-13(12)18/h4-7,9,12H,2-3,8H2,1H3,(H,15,18)(H,17,19)/b16-9+. The summed E-state index contributed by atoms with van der Waals surface area (Å²) in [5.41, 5.74) is 3.23. The second kappa shape index (κ2) is 6.70. The zero-order chi connectivity index (χ0) is 14.4. The van der Waals surface area contributed by atoms with E-state index >= 15 is 0 Å². The number of carbonyl (C=O) groups is 2. The van der Waals surface area contributed by atoms with E-state index in [1.54, 1.807) is 19.2 Å². The largest absolute Gasteiger partial charge is 0.497 e. The van der Waals surface area contributed by atoms with Gasteiger partial charge >= 0.3 is 0 Å². The van der Waals surface area contributed by atoms with Gasteiger partial charge in [0.05, 0.1) is 13.3 Å². The third-order valence-corrected chi connectivity index (χ3v) is 3.11. The monoisotopic (exact) mass is 275 g/mol. The van der Waals surface area contributed by atoms with Gasteiger partial charge in [-0.1, -0.05) is 0 Å². The first-order valence-electron chi connectivity index (χ1n) is 6.45. The van der Waals surface area contributed by atoms with Crippen LogP contribution in [0.4, 0.5) is 0 Å². The van der Waals surface area contributed by atoms with Gasteiger partial charge in [-0.2, -0.15) is 5.10 Å². The molecule has 2 rings (SSSR count). The van der Waals surface area contributed by atoms with Crippen LogP contribution in [0, 0.1) is 5.92 Å². The Balaban J connectivity index is 1.88. The maximum atomic E-state index is 11.8. The molecule has 0 radical (unpaired) electrons. The number of hydrazone groups is 1. The van der Waals surface area contributed by atoms with Crippen LogP contribution in [0.25, 0.3) is 0 Å². The molecule has 1 atom stereocenters. The number of nitrogens with one attached hydrogen (secondary N) is 2. The van der Waals surface area contributed by atoms with E-state index in [0.29, 0.717) is 13.0 Å². The van der Waals surface area contributed by atoms with Crippen LogP contribution in [0.3, 0.4) is 0 Å². The predicted molar refractivity (Wildman–Crippen MR) is 74.5 cm³/mol. The van der Waals surface area contributed by atoms with Crippen LogP contribution in [0.5, 0.6) is 5.75 Å². The fourth-order valence-corrected chi connectivity index (χ4v) is 1.96. The highest BCUT2D eigenvalue weighted by atomic mass is 16.5. The molecule has 1 heterocycles. The highest BCUT2D eigenvalue weighted by Crippen LogP contribution is 2.11. The minimum atomic E-state index is -0.642. The van der Waals surface area contributed by atoms with Gasteiger partial charge in [0.15, 0.2) is 0 Å². The average Bonchev–Trinajstić information content (AvgIpc) is 2.48. The van der Waals surface area contributed by atoms with E-state index in [4.69, 9.17) is 4.74 Å². The van der Waals surface area contributed by atoms with Crippen molar-refractivity contribution in [2.24, 2.45) is 11.0 Å². The van der Waals surface area contributed by atoms with Crippen molar-refractivity contribution in [3.05, 3.63) is 29.8 Å². The normalized spacial score (nSPS) is 18.6. The fourth-order valence-electron chi connectivity index (χ4n) is 1.96. The lowest BCUT2D eigenvalue weighted by Crippen LogP contribution is -2.43. The quantitative estimate of drug-likeness (QED) is 0.481. The summed E-state index contributed by atoms with van der Waals surface area (Å²) in [5, 5.41) is 6.53. The van der Waals surface area contributed by atoms with Crippen LogP contribution in [-0.2, 0) is 9.59 Å². The van der Waals surface area contributed by atoms with Gasteiger partial charge in [0.2, 0.25) is 5.91 Å². The van der Waals surface area contributed by atoms with Crippen molar-refractivity contribution in [1.82, 2.24) is 10.7 Å². The smallest absolute Gasteiger partial charge is 0.252 e. The molecule has 2 N–H and O–H groups in total. The molecule has 0 bridgehead atoms. The van der Waals surface area contributed by atoms with Crippen LogP contribution < -0.4 is 15.5 Å². The van der Waals surface area contributed by atoms with Gasteiger partial charge in [-0.3, -0.25) is 9.59 Å². The SMILES string of the molecule is COc1ccc(/C=N/NC(=O)C2CCCNC2=O)cc1. The van der Waals surface area contributed by atoms with Crippen LogP contribution in [0.2, 0.25) is 0 Å². The molecule has 1 fully saturated rings. The number of rotatable bonds is 4. The molecular formula is C14H17N3O3. The Morgan fingerprint density at radius 2 is 2.20 bits per heavy atom. The van der Waals surface area contributed by atoms with Gasteiger partial charge in [0.25, 0.3) is 5.91 Å². The predicted octanol–water partition coefficient (Wildman–Crippen LogP) is 0.671. The maximum absolute atomic E-state index is 11.8. The molecule has 0 aliphatic carbocycles. The van der Waals surface area contributed by atoms with Crippen LogP contribution in [0.15, 0.2) is 29.4 Å². The molecule has 1 aromatic rings. The number of hydrogen-bond acceptors (Lipinski definition) is 4. The molecule has 6 nitrogen and oxygen atoms in total. The van der Waals surface area contributed by atoms with E-state index < -0.39 is 5.92 Å². The number of methoxy groups -OCH3 is 1. The van der Waals surface area contributed by atoms with Crippen molar-refractivity contribution in [1.29, 1.82) is 0 Å². The van der Waals surface area contributed by atoms with Crippen molar-refractivity contribution in [3.8, 4) is 5.75 Å². The van der Waals surface area contributed by atoms with Gasteiger partial charge in [0.1, 0.15) is 11.7 Å². The third-order valence-electron chi connectivity index (χ3n) is 3.11. The highest BCUT2D eigenvalue weighted by Gasteiger charge is 2.28. The molecule has 0 saturated carbocycles. The molecule has 6 heteroatoms. The molecule has 1 saturated heterocycles. The Bertz CT molecular complexity index is 511. The molecule has 0 aromatic heterocycles. The minimum absolute atomic E-state index is 0.228. The molecule has 2 amide bonds. The topological polar surface area (TPSA) is 79.8 Å². The first kappa shape index (κ1) is 14.0. The zero-order valence-corrected chi connectivity index (χ0v) is 11.3. The minimum Gasteiger partial charge on any atom is -0.497 e. The van der Waals surface area contributed by atoms with Crippen molar-refractivity contribution >= 4 is 18.0 Å². The number of carbonyl (C=O) groups excluding carboxylic acids is 2. The average molecular weight is 275 g/mol. The summed E-state index contributed by atoms with van der Waals surface area (Å²) in [7, 11) is 1.60. The summed E-state index contributed by atoms with van der Waals surface area (Å²) in [6.45, 7) is 0.637. The number of nitrogens with zero attached hydrogens (tertiary/aromatic N) is 1. The Morgan fingerprint density at radius 3 is 2.85 bits per heavy atom.